The SMILES string of the molecule is Cc1ccc(C#N)cc1N1CCC2(CCC(CC=O)CC2)CC1. The number of carbonyl (C=O) groups excluding carboxylic acids is 1. The van der Waals surface area contributed by atoms with Gasteiger partial charge in [0.2, 0.25) is 0 Å². The molecule has 3 nitrogen and oxygen atoms in total. The van der Waals surface area contributed by atoms with Crippen LogP contribution in [-0.2, 0) is 4.79 Å². The maximum Gasteiger partial charge on any atom is 0.120 e. The fourth-order valence-electron chi connectivity index (χ4n) is 4.40. The van der Waals surface area contributed by atoms with Crippen molar-refractivity contribution in [3.8, 4) is 6.07 Å². The lowest BCUT2D eigenvalue weighted by Crippen LogP contribution is -2.42. The Hall–Kier alpha value is -1.82. The Morgan fingerprint density at radius 1 is 1.26 bits per heavy atom. The second kappa shape index (κ2) is 6.74. The van der Waals surface area contributed by atoms with Gasteiger partial charge in [-0.05, 0) is 74.5 Å². The number of hydrogen-bond acceptors (Lipinski definition) is 3. The maximum absolute atomic E-state index is 10.7. The quantitative estimate of drug-likeness (QED) is 0.785. The zero-order valence-corrected chi connectivity index (χ0v) is 14.1. The van der Waals surface area contributed by atoms with Gasteiger partial charge >= 0.3 is 0 Å². The van der Waals surface area contributed by atoms with E-state index in [1.165, 1.54) is 49.8 Å². The Morgan fingerprint density at radius 2 is 1.96 bits per heavy atom. The van der Waals surface area contributed by atoms with E-state index in [0.717, 1.165) is 31.4 Å². The zero-order valence-electron chi connectivity index (χ0n) is 14.1. The predicted octanol–water partition coefficient (Wildman–Crippen LogP) is 4.23. The third kappa shape index (κ3) is 3.42. The van der Waals surface area contributed by atoms with Crippen molar-refractivity contribution in [2.45, 2.75) is 51.9 Å². The summed E-state index contributed by atoms with van der Waals surface area (Å²) in [6, 6.07) is 8.25. The topological polar surface area (TPSA) is 44.1 Å². The van der Waals surface area contributed by atoms with Crippen LogP contribution in [0.15, 0.2) is 18.2 Å². The number of aryl methyl sites for hydroxylation is 1. The lowest BCUT2D eigenvalue weighted by atomic mass is 9.65. The van der Waals surface area contributed by atoms with Gasteiger partial charge in [0.15, 0.2) is 0 Å². The molecule has 1 saturated carbocycles. The van der Waals surface area contributed by atoms with E-state index in [1.54, 1.807) is 0 Å². The molecule has 1 aliphatic carbocycles. The first-order valence-corrected chi connectivity index (χ1v) is 8.85. The molecule has 0 amide bonds. The average Bonchev–Trinajstić information content (AvgIpc) is 2.59. The fourth-order valence-corrected chi connectivity index (χ4v) is 4.40. The van der Waals surface area contributed by atoms with E-state index in [2.05, 4.69) is 24.0 Å². The minimum Gasteiger partial charge on any atom is -0.371 e. The molecule has 1 saturated heterocycles. The second-order valence-electron chi connectivity index (χ2n) is 7.45. The standard InChI is InChI=1S/C20H26N2O/c1-16-2-3-18(15-21)14-19(16)22-11-9-20(10-12-22)7-4-17(5-8-20)6-13-23/h2-3,13-14,17H,4-12H2,1H3. The molecule has 1 aromatic carbocycles. The van der Waals surface area contributed by atoms with E-state index in [9.17, 15) is 4.79 Å². The summed E-state index contributed by atoms with van der Waals surface area (Å²) in [5.74, 6) is 0.630. The Labute approximate surface area is 139 Å². The minimum absolute atomic E-state index is 0.511. The highest BCUT2D eigenvalue weighted by molar-refractivity contribution is 5.57. The molecule has 2 fully saturated rings. The van der Waals surface area contributed by atoms with Crippen LogP contribution in [0, 0.1) is 29.6 Å². The summed E-state index contributed by atoms with van der Waals surface area (Å²) in [5, 5.41) is 9.13. The Balaban J connectivity index is 1.63. The number of nitrogens with zero attached hydrogens (tertiary/aromatic N) is 2. The van der Waals surface area contributed by atoms with Gasteiger partial charge < -0.3 is 9.69 Å². The molecule has 23 heavy (non-hydrogen) atoms. The van der Waals surface area contributed by atoms with Gasteiger partial charge in [-0.3, -0.25) is 0 Å². The van der Waals surface area contributed by atoms with Crippen LogP contribution in [0.3, 0.4) is 0 Å². The molecule has 1 aliphatic heterocycles. The molecule has 2 aliphatic rings. The lowest BCUT2D eigenvalue weighted by Gasteiger charge is -2.46. The molecule has 1 spiro atoms. The molecule has 0 radical (unpaired) electrons. The highest BCUT2D eigenvalue weighted by atomic mass is 16.1. The van der Waals surface area contributed by atoms with Crippen LogP contribution >= 0.6 is 0 Å². The van der Waals surface area contributed by atoms with Gasteiger partial charge in [0.25, 0.3) is 0 Å². The molecule has 0 atom stereocenters. The first-order valence-electron chi connectivity index (χ1n) is 8.85. The van der Waals surface area contributed by atoms with E-state index >= 15 is 0 Å². The Morgan fingerprint density at radius 3 is 2.57 bits per heavy atom. The summed E-state index contributed by atoms with van der Waals surface area (Å²) in [4.78, 5) is 13.2. The van der Waals surface area contributed by atoms with Crippen molar-refractivity contribution < 1.29 is 4.79 Å². The highest BCUT2D eigenvalue weighted by Gasteiger charge is 2.38. The number of nitriles is 1. The van der Waals surface area contributed by atoms with Crippen molar-refractivity contribution in [3.63, 3.8) is 0 Å². The van der Waals surface area contributed by atoms with Gasteiger partial charge in [-0.2, -0.15) is 5.26 Å². The molecular formula is C20H26N2O. The summed E-state index contributed by atoms with van der Waals surface area (Å²) >= 11 is 0. The van der Waals surface area contributed by atoms with Crippen LogP contribution in [0.1, 0.15) is 56.1 Å². The van der Waals surface area contributed by atoms with E-state index in [1.807, 2.05) is 12.1 Å². The van der Waals surface area contributed by atoms with Crippen molar-refractivity contribution in [2.75, 3.05) is 18.0 Å². The first kappa shape index (κ1) is 16.1. The molecule has 0 N–H and O–H groups in total. The molecular weight excluding hydrogens is 284 g/mol. The van der Waals surface area contributed by atoms with Crippen molar-refractivity contribution in [1.29, 1.82) is 5.26 Å². The molecule has 0 aromatic heterocycles. The first-order chi connectivity index (χ1) is 11.2. The monoisotopic (exact) mass is 310 g/mol. The van der Waals surface area contributed by atoms with Gasteiger partial charge in [-0.25, -0.2) is 0 Å². The van der Waals surface area contributed by atoms with Crippen LogP contribution in [0.25, 0.3) is 0 Å². The van der Waals surface area contributed by atoms with E-state index < -0.39 is 0 Å². The fraction of sp³-hybridized carbons (Fsp3) is 0.600. The Kier molecular flexibility index (Phi) is 4.71. The number of anilines is 1. The van der Waals surface area contributed by atoms with E-state index in [-0.39, 0.29) is 0 Å². The summed E-state index contributed by atoms with van der Waals surface area (Å²) < 4.78 is 0. The Bertz CT molecular complexity index is 599. The van der Waals surface area contributed by atoms with Crippen molar-refractivity contribution in [2.24, 2.45) is 11.3 Å². The van der Waals surface area contributed by atoms with Crippen LogP contribution in [0.2, 0.25) is 0 Å². The number of rotatable bonds is 3. The maximum atomic E-state index is 10.7. The van der Waals surface area contributed by atoms with E-state index in [4.69, 9.17) is 5.26 Å². The molecule has 0 unspecified atom stereocenters. The molecule has 3 rings (SSSR count). The number of benzene rings is 1. The third-order valence-corrected chi connectivity index (χ3v) is 6.10. The number of piperidine rings is 1. The van der Waals surface area contributed by atoms with Crippen LogP contribution in [0.5, 0.6) is 0 Å². The zero-order chi connectivity index (χ0) is 16.3. The van der Waals surface area contributed by atoms with Gasteiger partial charge in [0, 0.05) is 25.2 Å². The lowest BCUT2D eigenvalue weighted by molar-refractivity contribution is -0.109. The summed E-state index contributed by atoms with van der Waals surface area (Å²) in [6.07, 6.45) is 9.36. The smallest absolute Gasteiger partial charge is 0.120 e. The van der Waals surface area contributed by atoms with Gasteiger partial charge in [-0.1, -0.05) is 6.07 Å². The normalized spacial score (nSPS) is 21.1. The van der Waals surface area contributed by atoms with Gasteiger partial charge in [-0.15, -0.1) is 0 Å². The van der Waals surface area contributed by atoms with Crippen LogP contribution in [-0.4, -0.2) is 19.4 Å². The average molecular weight is 310 g/mol. The largest absolute Gasteiger partial charge is 0.371 e. The second-order valence-corrected chi connectivity index (χ2v) is 7.45. The molecule has 1 heterocycles. The number of aldehydes is 1. The number of carbonyl (C=O) groups is 1. The van der Waals surface area contributed by atoms with Gasteiger partial charge in [0.1, 0.15) is 6.29 Å². The molecule has 1 aromatic rings. The third-order valence-electron chi connectivity index (χ3n) is 6.10. The molecule has 0 bridgehead atoms. The van der Waals surface area contributed by atoms with Crippen LogP contribution in [0.4, 0.5) is 5.69 Å². The van der Waals surface area contributed by atoms with Crippen molar-refractivity contribution in [1.82, 2.24) is 0 Å². The van der Waals surface area contributed by atoms with Crippen molar-refractivity contribution in [3.05, 3.63) is 29.3 Å². The predicted molar refractivity (Wildman–Crippen MR) is 92.4 cm³/mol. The van der Waals surface area contributed by atoms with Crippen LogP contribution < -0.4 is 4.90 Å². The van der Waals surface area contributed by atoms with Crippen molar-refractivity contribution >= 4 is 12.0 Å². The summed E-state index contributed by atoms with van der Waals surface area (Å²) in [7, 11) is 0. The van der Waals surface area contributed by atoms with E-state index in [0.29, 0.717) is 11.3 Å². The molecule has 3 heteroatoms. The summed E-state index contributed by atoms with van der Waals surface area (Å²) in [5.41, 5.74) is 3.75. The molecule has 122 valence electrons. The summed E-state index contributed by atoms with van der Waals surface area (Å²) in [6.45, 7) is 4.31. The minimum atomic E-state index is 0.511. The van der Waals surface area contributed by atoms with Gasteiger partial charge in [0.05, 0.1) is 11.6 Å². The number of hydrogen-bond donors (Lipinski definition) is 0. The highest BCUT2D eigenvalue weighted by Crippen LogP contribution is 2.47.